The second-order valence-corrected chi connectivity index (χ2v) is 3.55. The van der Waals surface area contributed by atoms with Crippen LogP contribution in [0.1, 0.15) is 19.8 Å². The third-order valence-electron chi connectivity index (χ3n) is 2.41. The van der Waals surface area contributed by atoms with Crippen LogP contribution in [0.4, 0.5) is 0 Å². The molecule has 1 saturated heterocycles. The Morgan fingerprint density at radius 1 is 1.85 bits per heavy atom. The molecule has 0 unspecified atom stereocenters. The number of likely N-dealkylation sites (tertiary alicyclic amines) is 1. The van der Waals surface area contributed by atoms with Crippen LogP contribution in [-0.4, -0.2) is 23.4 Å². The van der Waals surface area contributed by atoms with Crippen LogP contribution in [-0.2, 0) is 4.79 Å². The second-order valence-electron chi connectivity index (χ2n) is 3.55. The van der Waals surface area contributed by atoms with E-state index in [1.54, 1.807) is 4.90 Å². The molecule has 3 nitrogen and oxygen atoms in total. The molecule has 1 fully saturated rings. The van der Waals surface area contributed by atoms with Crippen molar-refractivity contribution in [2.45, 2.75) is 25.8 Å². The van der Waals surface area contributed by atoms with Crippen LogP contribution in [0.15, 0.2) is 12.7 Å². The Hall–Kier alpha value is -1.30. The lowest BCUT2D eigenvalue weighted by atomic mass is 10.1. The van der Waals surface area contributed by atoms with Crippen LogP contribution in [0.25, 0.3) is 0 Å². The predicted molar refractivity (Wildman–Crippen MR) is 49.7 cm³/mol. The molecule has 0 aromatic rings. The van der Waals surface area contributed by atoms with Crippen molar-refractivity contribution in [1.82, 2.24) is 4.90 Å². The van der Waals surface area contributed by atoms with E-state index >= 15 is 0 Å². The zero-order valence-corrected chi connectivity index (χ0v) is 7.86. The summed E-state index contributed by atoms with van der Waals surface area (Å²) >= 11 is 0. The van der Waals surface area contributed by atoms with E-state index in [1.165, 1.54) is 6.08 Å². The highest BCUT2D eigenvalue weighted by Gasteiger charge is 2.31. The van der Waals surface area contributed by atoms with E-state index in [4.69, 9.17) is 5.26 Å². The van der Waals surface area contributed by atoms with Crippen molar-refractivity contribution in [2.75, 3.05) is 6.54 Å². The van der Waals surface area contributed by atoms with E-state index in [-0.39, 0.29) is 11.9 Å². The summed E-state index contributed by atoms with van der Waals surface area (Å²) in [6.07, 6.45) is 2.69. The molecule has 1 aliphatic rings. The number of amides is 1. The maximum atomic E-state index is 11.3. The molecule has 0 saturated carbocycles. The number of nitriles is 1. The average Bonchev–Trinajstić information content (AvgIpc) is 2.46. The van der Waals surface area contributed by atoms with Crippen molar-refractivity contribution in [3.63, 3.8) is 0 Å². The molecule has 3 heteroatoms. The molecule has 0 bridgehead atoms. The van der Waals surface area contributed by atoms with E-state index in [0.717, 1.165) is 13.0 Å². The zero-order valence-electron chi connectivity index (χ0n) is 7.86. The number of carbonyl (C=O) groups is 1. The molecule has 2 atom stereocenters. The Bertz CT molecular complexity index is 254. The lowest BCUT2D eigenvalue weighted by molar-refractivity contribution is -0.126. The first-order valence-corrected chi connectivity index (χ1v) is 4.49. The standard InChI is InChI=1S/C10H14N2O/c1-3-10(13)12-7-8(2)6-9(12)4-5-11/h3,8-9H,1,4,6-7H2,2H3/t8-,9+/m1/s1. The smallest absolute Gasteiger partial charge is 0.246 e. The van der Waals surface area contributed by atoms with Crippen molar-refractivity contribution in [3.05, 3.63) is 12.7 Å². The summed E-state index contributed by atoms with van der Waals surface area (Å²) in [4.78, 5) is 13.1. The Morgan fingerprint density at radius 2 is 2.54 bits per heavy atom. The number of hydrogen-bond donors (Lipinski definition) is 0. The van der Waals surface area contributed by atoms with Gasteiger partial charge in [-0.05, 0) is 18.4 Å². The summed E-state index contributed by atoms with van der Waals surface area (Å²) in [6.45, 7) is 6.31. The molecule has 70 valence electrons. The SMILES string of the molecule is C=CC(=O)N1C[C@H](C)C[C@@H]1CC#N. The molecular weight excluding hydrogens is 164 g/mol. The molecule has 1 rings (SSSR count). The van der Waals surface area contributed by atoms with E-state index in [0.29, 0.717) is 12.3 Å². The van der Waals surface area contributed by atoms with Gasteiger partial charge in [-0.1, -0.05) is 13.5 Å². The van der Waals surface area contributed by atoms with E-state index in [1.807, 2.05) is 0 Å². The lowest BCUT2D eigenvalue weighted by Crippen LogP contribution is -2.34. The van der Waals surface area contributed by atoms with Gasteiger partial charge in [0, 0.05) is 12.6 Å². The number of rotatable bonds is 2. The van der Waals surface area contributed by atoms with Crippen LogP contribution in [0, 0.1) is 17.2 Å². The second kappa shape index (κ2) is 4.08. The van der Waals surface area contributed by atoms with Crippen LogP contribution in [0.5, 0.6) is 0 Å². The first-order chi connectivity index (χ1) is 6.19. The van der Waals surface area contributed by atoms with Crippen molar-refractivity contribution in [2.24, 2.45) is 5.92 Å². The van der Waals surface area contributed by atoms with Gasteiger partial charge < -0.3 is 4.90 Å². The van der Waals surface area contributed by atoms with Gasteiger partial charge in [-0.3, -0.25) is 4.79 Å². The summed E-state index contributed by atoms with van der Waals surface area (Å²) in [6, 6.07) is 2.21. The lowest BCUT2D eigenvalue weighted by Gasteiger charge is -2.20. The van der Waals surface area contributed by atoms with Gasteiger partial charge in [0.25, 0.3) is 0 Å². The van der Waals surface area contributed by atoms with Crippen molar-refractivity contribution >= 4 is 5.91 Å². The molecule has 1 aliphatic heterocycles. The summed E-state index contributed by atoms with van der Waals surface area (Å²) < 4.78 is 0. The van der Waals surface area contributed by atoms with Gasteiger partial charge in [-0.25, -0.2) is 0 Å². The van der Waals surface area contributed by atoms with Gasteiger partial charge in [-0.15, -0.1) is 0 Å². The first-order valence-electron chi connectivity index (χ1n) is 4.49. The maximum absolute atomic E-state index is 11.3. The number of nitrogens with zero attached hydrogens (tertiary/aromatic N) is 2. The van der Waals surface area contributed by atoms with Gasteiger partial charge in [-0.2, -0.15) is 5.26 Å². The van der Waals surface area contributed by atoms with E-state index in [2.05, 4.69) is 19.6 Å². The van der Waals surface area contributed by atoms with Crippen LogP contribution >= 0.6 is 0 Å². The van der Waals surface area contributed by atoms with E-state index in [9.17, 15) is 4.79 Å². The van der Waals surface area contributed by atoms with E-state index < -0.39 is 0 Å². The zero-order chi connectivity index (χ0) is 9.84. The topological polar surface area (TPSA) is 44.1 Å². The summed E-state index contributed by atoms with van der Waals surface area (Å²) in [5, 5.41) is 8.57. The summed E-state index contributed by atoms with van der Waals surface area (Å²) in [5.74, 6) is 0.451. The molecule has 0 radical (unpaired) electrons. The van der Waals surface area contributed by atoms with Crippen molar-refractivity contribution in [1.29, 1.82) is 5.26 Å². The highest BCUT2D eigenvalue weighted by Crippen LogP contribution is 2.24. The Balaban J connectivity index is 2.66. The fourth-order valence-electron chi connectivity index (χ4n) is 1.84. The van der Waals surface area contributed by atoms with Gasteiger partial charge in [0.05, 0.1) is 12.5 Å². The Labute approximate surface area is 78.6 Å². The highest BCUT2D eigenvalue weighted by molar-refractivity contribution is 5.87. The third-order valence-corrected chi connectivity index (χ3v) is 2.41. The monoisotopic (exact) mass is 178 g/mol. The van der Waals surface area contributed by atoms with Gasteiger partial charge in [0.1, 0.15) is 0 Å². The minimum atomic E-state index is -0.0513. The largest absolute Gasteiger partial charge is 0.335 e. The minimum absolute atomic E-state index is 0.0513. The average molecular weight is 178 g/mol. The first kappa shape index (κ1) is 9.79. The molecular formula is C10H14N2O. The third kappa shape index (κ3) is 2.09. The maximum Gasteiger partial charge on any atom is 0.246 e. The molecule has 13 heavy (non-hydrogen) atoms. The fourth-order valence-corrected chi connectivity index (χ4v) is 1.84. The molecule has 0 aromatic carbocycles. The highest BCUT2D eigenvalue weighted by atomic mass is 16.2. The number of carbonyl (C=O) groups excluding carboxylic acids is 1. The Kier molecular flexibility index (Phi) is 3.07. The summed E-state index contributed by atoms with van der Waals surface area (Å²) in [7, 11) is 0. The molecule has 0 N–H and O–H groups in total. The van der Waals surface area contributed by atoms with Gasteiger partial charge in [0.2, 0.25) is 5.91 Å². The molecule has 0 aliphatic carbocycles. The van der Waals surface area contributed by atoms with Gasteiger partial charge >= 0.3 is 0 Å². The van der Waals surface area contributed by atoms with Crippen LogP contribution < -0.4 is 0 Å². The quantitative estimate of drug-likeness (QED) is 0.598. The molecule has 1 heterocycles. The van der Waals surface area contributed by atoms with Crippen LogP contribution in [0.3, 0.4) is 0 Å². The number of hydrogen-bond acceptors (Lipinski definition) is 2. The summed E-state index contributed by atoms with van der Waals surface area (Å²) in [5.41, 5.74) is 0. The van der Waals surface area contributed by atoms with Crippen molar-refractivity contribution in [3.8, 4) is 6.07 Å². The predicted octanol–water partition coefficient (Wildman–Crippen LogP) is 1.32. The Morgan fingerprint density at radius 3 is 3.08 bits per heavy atom. The minimum Gasteiger partial charge on any atom is -0.335 e. The van der Waals surface area contributed by atoms with Crippen molar-refractivity contribution < 1.29 is 4.79 Å². The molecule has 0 spiro atoms. The van der Waals surface area contributed by atoms with Gasteiger partial charge in [0.15, 0.2) is 0 Å². The molecule has 1 amide bonds. The fraction of sp³-hybridized carbons (Fsp3) is 0.600. The molecule has 0 aromatic heterocycles. The normalized spacial score (nSPS) is 26.9. The van der Waals surface area contributed by atoms with Crippen LogP contribution in [0.2, 0.25) is 0 Å².